The van der Waals surface area contributed by atoms with Crippen LogP contribution in [0.4, 0.5) is 0 Å². The molecule has 100 valence electrons. The van der Waals surface area contributed by atoms with Gasteiger partial charge in [0.25, 0.3) is 5.91 Å². The normalized spacial score (nSPS) is 19.8. The van der Waals surface area contributed by atoms with Crippen LogP contribution < -0.4 is 5.32 Å². The first kappa shape index (κ1) is 13.6. The molecule has 2 heterocycles. The molecule has 1 aliphatic heterocycles. The van der Waals surface area contributed by atoms with Gasteiger partial charge in [-0.25, -0.2) is 0 Å². The predicted molar refractivity (Wildman–Crippen MR) is 76.2 cm³/mol. The van der Waals surface area contributed by atoms with Crippen LogP contribution in [-0.2, 0) is 0 Å². The molecule has 0 aliphatic carbocycles. The van der Waals surface area contributed by atoms with E-state index in [1.54, 1.807) is 11.3 Å². The number of amides is 1. The van der Waals surface area contributed by atoms with Gasteiger partial charge in [-0.15, -0.1) is 11.3 Å². The SMILES string of the molecule is CCN(CC1CCCNC1)C(=O)c1ccc(C)s1. The zero-order valence-electron chi connectivity index (χ0n) is 11.2. The highest BCUT2D eigenvalue weighted by Crippen LogP contribution is 2.19. The number of nitrogens with zero attached hydrogens (tertiary/aromatic N) is 1. The van der Waals surface area contributed by atoms with Crippen LogP contribution in [0.25, 0.3) is 0 Å². The number of aryl methyl sites for hydroxylation is 1. The van der Waals surface area contributed by atoms with Gasteiger partial charge in [0.1, 0.15) is 0 Å². The second-order valence-electron chi connectivity index (χ2n) is 4.97. The van der Waals surface area contributed by atoms with Crippen LogP contribution >= 0.6 is 11.3 Å². The van der Waals surface area contributed by atoms with E-state index in [-0.39, 0.29) is 5.91 Å². The van der Waals surface area contributed by atoms with Crippen molar-refractivity contribution in [2.45, 2.75) is 26.7 Å². The van der Waals surface area contributed by atoms with E-state index in [2.05, 4.69) is 12.2 Å². The largest absolute Gasteiger partial charge is 0.338 e. The van der Waals surface area contributed by atoms with Crippen LogP contribution in [0.5, 0.6) is 0 Å². The average Bonchev–Trinajstić information content (AvgIpc) is 2.83. The maximum Gasteiger partial charge on any atom is 0.263 e. The number of carbonyl (C=O) groups excluding carboxylic acids is 1. The van der Waals surface area contributed by atoms with Crippen LogP contribution in [0.1, 0.15) is 34.3 Å². The van der Waals surface area contributed by atoms with Gasteiger partial charge in [-0.3, -0.25) is 4.79 Å². The molecule has 1 saturated heterocycles. The van der Waals surface area contributed by atoms with Crippen molar-refractivity contribution in [1.82, 2.24) is 10.2 Å². The fourth-order valence-corrected chi connectivity index (χ4v) is 3.29. The lowest BCUT2D eigenvalue weighted by molar-refractivity contribution is 0.0734. The molecule has 0 bridgehead atoms. The highest BCUT2D eigenvalue weighted by molar-refractivity contribution is 7.13. The summed E-state index contributed by atoms with van der Waals surface area (Å²) in [6.45, 7) is 7.97. The van der Waals surface area contributed by atoms with Crippen LogP contribution in [0, 0.1) is 12.8 Å². The van der Waals surface area contributed by atoms with Crippen molar-refractivity contribution in [2.24, 2.45) is 5.92 Å². The van der Waals surface area contributed by atoms with Gasteiger partial charge in [0, 0.05) is 18.0 Å². The monoisotopic (exact) mass is 266 g/mol. The quantitative estimate of drug-likeness (QED) is 0.908. The standard InChI is InChI=1S/C14H22N2OS/c1-3-16(10-12-5-4-8-15-9-12)14(17)13-7-6-11(2)18-13/h6-7,12,15H,3-5,8-10H2,1-2H3. The van der Waals surface area contributed by atoms with Gasteiger partial charge in [-0.2, -0.15) is 0 Å². The zero-order valence-corrected chi connectivity index (χ0v) is 12.1. The Morgan fingerprint density at radius 1 is 1.56 bits per heavy atom. The molecule has 3 nitrogen and oxygen atoms in total. The highest BCUT2D eigenvalue weighted by Gasteiger charge is 2.21. The Labute approximate surface area is 113 Å². The Morgan fingerprint density at radius 2 is 2.39 bits per heavy atom. The van der Waals surface area contributed by atoms with Gasteiger partial charge in [-0.1, -0.05) is 0 Å². The van der Waals surface area contributed by atoms with Crippen molar-refractivity contribution in [3.8, 4) is 0 Å². The van der Waals surface area contributed by atoms with Gasteiger partial charge in [0.2, 0.25) is 0 Å². The summed E-state index contributed by atoms with van der Waals surface area (Å²) in [6.07, 6.45) is 2.47. The first-order chi connectivity index (χ1) is 8.70. The Bertz CT molecular complexity index is 396. The maximum absolute atomic E-state index is 12.4. The molecule has 1 aromatic heterocycles. The highest BCUT2D eigenvalue weighted by atomic mass is 32.1. The van der Waals surface area contributed by atoms with E-state index in [1.807, 2.05) is 24.0 Å². The van der Waals surface area contributed by atoms with E-state index in [1.165, 1.54) is 17.7 Å². The Hall–Kier alpha value is -0.870. The Balaban J connectivity index is 1.97. The molecule has 4 heteroatoms. The zero-order chi connectivity index (χ0) is 13.0. The number of nitrogens with one attached hydrogen (secondary N) is 1. The smallest absolute Gasteiger partial charge is 0.263 e. The second-order valence-corrected chi connectivity index (χ2v) is 6.25. The van der Waals surface area contributed by atoms with Crippen molar-refractivity contribution >= 4 is 17.2 Å². The number of hydrogen-bond donors (Lipinski definition) is 1. The minimum absolute atomic E-state index is 0.196. The van der Waals surface area contributed by atoms with E-state index >= 15 is 0 Å². The molecule has 18 heavy (non-hydrogen) atoms. The van der Waals surface area contributed by atoms with Gasteiger partial charge < -0.3 is 10.2 Å². The third-order valence-electron chi connectivity index (χ3n) is 3.50. The topological polar surface area (TPSA) is 32.3 Å². The van der Waals surface area contributed by atoms with Gasteiger partial charge in [0.15, 0.2) is 0 Å². The molecule has 0 spiro atoms. The molecular weight excluding hydrogens is 244 g/mol. The fourth-order valence-electron chi connectivity index (χ4n) is 2.45. The van der Waals surface area contributed by atoms with Crippen molar-refractivity contribution in [3.05, 3.63) is 21.9 Å². The summed E-state index contributed by atoms with van der Waals surface area (Å²) < 4.78 is 0. The summed E-state index contributed by atoms with van der Waals surface area (Å²) >= 11 is 1.59. The molecule has 2 rings (SSSR count). The Kier molecular flexibility index (Phi) is 4.78. The maximum atomic E-state index is 12.4. The lowest BCUT2D eigenvalue weighted by Gasteiger charge is -2.29. The predicted octanol–water partition coefficient (Wildman–Crippen LogP) is 2.52. The molecule has 1 fully saturated rings. The van der Waals surface area contributed by atoms with Gasteiger partial charge >= 0.3 is 0 Å². The third kappa shape index (κ3) is 3.33. The van der Waals surface area contributed by atoms with Gasteiger partial charge in [0.05, 0.1) is 4.88 Å². The minimum atomic E-state index is 0.196. The van der Waals surface area contributed by atoms with Gasteiger partial charge in [-0.05, 0) is 57.8 Å². The summed E-state index contributed by atoms with van der Waals surface area (Å²) in [5.41, 5.74) is 0. The Morgan fingerprint density at radius 3 is 2.94 bits per heavy atom. The van der Waals surface area contributed by atoms with E-state index in [4.69, 9.17) is 0 Å². The van der Waals surface area contributed by atoms with E-state index in [0.29, 0.717) is 5.92 Å². The summed E-state index contributed by atoms with van der Waals surface area (Å²) in [6, 6.07) is 3.97. The second kappa shape index (κ2) is 6.34. The van der Waals surface area contributed by atoms with Crippen molar-refractivity contribution in [1.29, 1.82) is 0 Å². The van der Waals surface area contributed by atoms with Crippen molar-refractivity contribution < 1.29 is 4.79 Å². The number of piperidine rings is 1. The summed E-state index contributed by atoms with van der Waals surface area (Å²) in [7, 11) is 0. The van der Waals surface area contributed by atoms with Crippen molar-refractivity contribution in [2.75, 3.05) is 26.2 Å². The number of rotatable bonds is 4. The molecule has 0 saturated carbocycles. The lowest BCUT2D eigenvalue weighted by Crippen LogP contribution is -2.40. The summed E-state index contributed by atoms with van der Waals surface area (Å²) in [5.74, 6) is 0.810. The molecular formula is C14H22N2OS. The summed E-state index contributed by atoms with van der Waals surface area (Å²) in [4.78, 5) is 16.4. The number of carbonyl (C=O) groups is 1. The minimum Gasteiger partial charge on any atom is -0.338 e. The van der Waals surface area contributed by atoms with Crippen LogP contribution in [-0.4, -0.2) is 37.0 Å². The van der Waals surface area contributed by atoms with Crippen LogP contribution in [0.15, 0.2) is 12.1 Å². The van der Waals surface area contributed by atoms with E-state index < -0.39 is 0 Å². The summed E-state index contributed by atoms with van der Waals surface area (Å²) in [5, 5.41) is 3.41. The first-order valence-electron chi connectivity index (χ1n) is 6.77. The van der Waals surface area contributed by atoms with E-state index in [0.717, 1.165) is 31.1 Å². The molecule has 1 aliphatic rings. The fraction of sp³-hybridized carbons (Fsp3) is 0.643. The van der Waals surface area contributed by atoms with Crippen molar-refractivity contribution in [3.63, 3.8) is 0 Å². The van der Waals surface area contributed by atoms with E-state index in [9.17, 15) is 4.79 Å². The number of thiophene rings is 1. The molecule has 0 radical (unpaired) electrons. The first-order valence-corrected chi connectivity index (χ1v) is 7.58. The number of hydrogen-bond acceptors (Lipinski definition) is 3. The molecule has 1 amide bonds. The third-order valence-corrected chi connectivity index (χ3v) is 4.49. The van der Waals surface area contributed by atoms with Crippen LogP contribution in [0.3, 0.4) is 0 Å². The molecule has 1 atom stereocenters. The molecule has 1 N–H and O–H groups in total. The van der Waals surface area contributed by atoms with Crippen LogP contribution in [0.2, 0.25) is 0 Å². The molecule has 1 aromatic rings. The molecule has 0 aromatic carbocycles. The molecule has 1 unspecified atom stereocenters. The lowest BCUT2D eigenvalue weighted by atomic mass is 9.99. The average molecular weight is 266 g/mol.